The van der Waals surface area contributed by atoms with Crippen molar-refractivity contribution in [2.24, 2.45) is 0 Å². The van der Waals surface area contributed by atoms with Gasteiger partial charge in [-0.25, -0.2) is 9.59 Å². The Labute approximate surface area is 191 Å². The molecule has 0 saturated heterocycles. The molecular formula is C26H22N2O5. The van der Waals surface area contributed by atoms with Crippen LogP contribution in [0.3, 0.4) is 0 Å². The van der Waals surface area contributed by atoms with Crippen molar-refractivity contribution in [3.63, 3.8) is 0 Å². The van der Waals surface area contributed by atoms with Gasteiger partial charge in [0.25, 0.3) is 0 Å². The van der Waals surface area contributed by atoms with Crippen molar-refractivity contribution in [2.75, 3.05) is 13.2 Å². The Morgan fingerprint density at radius 2 is 1.79 bits per heavy atom. The number of rotatable bonds is 6. The lowest BCUT2D eigenvalue weighted by Gasteiger charge is -2.37. The van der Waals surface area contributed by atoms with Crippen LogP contribution in [0.4, 0.5) is 4.79 Å². The van der Waals surface area contributed by atoms with Crippen molar-refractivity contribution < 1.29 is 24.2 Å². The van der Waals surface area contributed by atoms with Gasteiger partial charge in [0.15, 0.2) is 6.61 Å². The zero-order valence-corrected chi connectivity index (χ0v) is 17.8. The fourth-order valence-electron chi connectivity index (χ4n) is 4.00. The van der Waals surface area contributed by atoms with E-state index in [2.05, 4.69) is 6.07 Å². The van der Waals surface area contributed by atoms with Gasteiger partial charge in [0.2, 0.25) is 0 Å². The highest BCUT2D eigenvalue weighted by Gasteiger charge is 2.35. The highest BCUT2D eigenvalue weighted by Crippen LogP contribution is 2.40. The summed E-state index contributed by atoms with van der Waals surface area (Å²) in [6, 6.07) is 23.5. The van der Waals surface area contributed by atoms with Gasteiger partial charge in [0.1, 0.15) is 12.4 Å². The van der Waals surface area contributed by atoms with Gasteiger partial charge in [0.05, 0.1) is 17.7 Å². The average Bonchev–Trinajstić information content (AvgIpc) is 2.85. The molecule has 0 saturated carbocycles. The molecule has 1 aliphatic heterocycles. The van der Waals surface area contributed by atoms with Crippen molar-refractivity contribution >= 4 is 12.1 Å². The van der Waals surface area contributed by atoms with Gasteiger partial charge in [0, 0.05) is 12.1 Å². The summed E-state index contributed by atoms with van der Waals surface area (Å²) in [7, 11) is 0. The van der Waals surface area contributed by atoms with Crippen LogP contribution in [0, 0.1) is 11.3 Å². The van der Waals surface area contributed by atoms with E-state index in [1.54, 1.807) is 23.1 Å². The fraction of sp³-hybridized carbons (Fsp3) is 0.192. The second-order valence-electron chi connectivity index (χ2n) is 7.63. The zero-order valence-electron chi connectivity index (χ0n) is 17.8. The summed E-state index contributed by atoms with van der Waals surface area (Å²) in [5, 5.41) is 18.6. The third-order valence-electron chi connectivity index (χ3n) is 5.51. The molecule has 0 fully saturated rings. The van der Waals surface area contributed by atoms with Gasteiger partial charge < -0.3 is 14.6 Å². The first-order valence-electron chi connectivity index (χ1n) is 10.5. The Kier molecular flexibility index (Phi) is 6.56. The van der Waals surface area contributed by atoms with Gasteiger partial charge in [-0.15, -0.1) is 0 Å². The van der Waals surface area contributed by atoms with Crippen LogP contribution in [0.25, 0.3) is 0 Å². The van der Waals surface area contributed by atoms with Crippen molar-refractivity contribution in [3.8, 4) is 11.8 Å². The first-order chi connectivity index (χ1) is 16.1. The number of aliphatic carboxylic acids is 1. The van der Waals surface area contributed by atoms with E-state index >= 15 is 0 Å². The Morgan fingerprint density at radius 3 is 2.55 bits per heavy atom. The molecule has 0 bridgehead atoms. The molecule has 4 rings (SSSR count). The minimum absolute atomic E-state index is 0.130. The Hall–Kier alpha value is -4.31. The van der Waals surface area contributed by atoms with Crippen LogP contribution in [-0.2, 0) is 22.6 Å². The molecule has 0 aliphatic carbocycles. The van der Waals surface area contributed by atoms with Crippen LogP contribution in [0.5, 0.6) is 5.75 Å². The summed E-state index contributed by atoms with van der Waals surface area (Å²) >= 11 is 0. The zero-order chi connectivity index (χ0) is 23.2. The Balaban J connectivity index is 1.72. The molecule has 0 radical (unpaired) electrons. The summed E-state index contributed by atoms with van der Waals surface area (Å²) in [4.78, 5) is 25.9. The third kappa shape index (κ3) is 4.96. The van der Waals surface area contributed by atoms with Crippen molar-refractivity contribution in [3.05, 3.63) is 101 Å². The predicted molar refractivity (Wildman–Crippen MR) is 120 cm³/mol. The van der Waals surface area contributed by atoms with Crippen molar-refractivity contribution in [1.29, 1.82) is 5.26 Å². The summed E-state index contributed by atoms with van der Waals surface area (Å²) < 4.78 is 11.2. The average molecular weight is 442 g/mol. The van der Waals surface area contributed by atoms with Crippen LogP contribution in [0.1, 0.15) is 33.9 Å². The van der Waals surface area contributed by atoms with E-state index in [1.165, 1.54) is 0 Å². The topological polar surface area (TPSA) is 99.9 Å². The number of hydrogen-bond donors (Lipinski definition) is 1. The summed E-state index contributed by atoms with van der Waals surface area (Å²) in [6.45, 7) is 0.00131. The number of amides is 1. The van der Waals surface area contributed by atoms with E-state index < -0.39 is 24.7 Å². The smallest absolute Gasteiger partial charge is 0.410 e. The lowest BCUT2D eigenvalue weighted by atomic mass is 9.87. The lowest BCUT2D eigenvalue weighted by Crippen LogP contribution is -2.41. The highest BCUT2D eigenvalue weighted by molar-refractivity contribution is 5.71. The maximum atomic E-state index is 13.2. The molecule has 0 unspecified atom stereocenters. The number of ether oxygens (including phenoxy) is 2. The van der Waals surface area contributed by atoms with Gasteiger partial charge >= 0.3 is 12.1 Å². The van der Waals surface area contributed by atoms with E-state index in [9.17, 15) is 14.9 Å². The van der Waals surface area contributed by atoms with Gasteiger partial charge in [-0.3, -0.25) is 4.90 Å². The number of hydrogen-bond acceptors (Lipinski definition) is 5. The Morgan fingerprint density at radius 1 is 1.03 bits per heavy atom. The van der Waals surface area contributed by atoms with Crippen molar-refractivity contribution in [1.82, 2.24) is 4.90 Å². The molecule has 7 heteroatoms. The predicted octanol–water partition coefficient (Wildman–Crippen LogP) is 4.31. The number of nitrogens with zero attached hydrogens (tertiary/aromatic N) is 2. The molecule has 1 amide bonds. The van der Waals surface area contributed by atoms with Crippen LogP contribution in [0.15, 0.2) is 72.8 Å². The van der Waals surface area contributed by atoms with Crippen molar-refractivity contribution in [2.45, 2.75) is 19.1 Å². The molecule has 0 aromatic heterocycles. The summed E-state index contributed by atoms with van der Waals surface area (Å²) in [5.41, 5.74) is 3.75. The summed E-state index contributed by atoms with van der Waals surface area (Å²) in [5.74, 6) is -0.813. The molecule has 166 valence electrons. The maximum absolute atomic E-state index is 13.2. The first-order valence-corrected chi connectivity index (χ1v) is 10.5. The molecule has 3 aromatic rings. The largest absolute Gasteiger partial charge is 0.482 e. The normalized spacial score (nSPS) is 14.6. The third-order valence-corrected chi connectivity index (χ3v) is 5.51. The SMILES string of the molecule is N#Cc1ccc(OCC(=O)O)c([C@@H]2c3ccccc3CCN2C(=O)OCc2ccccc2)c1. The van der Waals surface area contributed by atoms with E-state index in [4.69, 9.17) is 14.6 Å². The van der Waals surface area contributed by atoms with Crippen LogP contribution >= 0.6 is 0 Å². The lowest BCUT2D eigenvalue weighted by molar-refractivity contribution is -0.139. The highest BCUT2D eigenvalue weighted by atomic mass is 16.6. The van der Waals surface area contributed by atoms with Crippen LogP contribution in [0.2, 0.25) is 0 Å². The molecule has 1 N–H and O–H groups in total. The molecule has 1 atom stereocenters. The van der Waals surface area contributed by atoms with E-state index in [0.29, 0.717) is 29.8 Å². The number of benzene rings is 3. The maximum Gasteiger partial charge on any atom is 0.410 e. The first kappa shape index (κ1) is 21.9. The second-order valence-corrected chi connectivity index (χ2v) is 7.63. The summed E-state index contributed by atoms with van der Waals surface area (Å²) in [6.07, 6.45) is 0.154. The molecule has 3 aromatic carbocycles. The number of carbonyl (C=O) groups excluding carboxylic acids is 1. The number of nitriles is 1. The monoisotopic (exact) mass is 442 g/mol. The van der Waals surface area contributed by atoms with Crippen LogP contribution in [-0.4, -0.2) is 35.2 Å². The number of carboxylic acid groups (broad SMARTS) is 1. The van der Waals surface area contributed by atoms with E-state index in [-0.39, 0.29) is 6.61 Å². The minimum atomic E-state index is -1.12. The number of carbonyl (C=O) groups is 2. The fourth-order valence-corrected chi connectivity index (χ4v) is 4.00. The second kappa shape index (κ2) is 9.88. The van der Waals surface area contributed by atoms with E-state index in [0.717, 1.165) is 16.7 Å². The molecule has 33 heavy (non-hydrogen) atoms. The van der Waals surface area contributed by atoms with E-state index in [1.807, 2.05) is 54.6 Å². The molecule has 7 nitrogen and oxygen atoms in total. The molecule has 1 heterocycles. The minimum Gasteiger partial charge on any atom is -0.482 e. The van der Waals surface area contributed by atoms with Gasteiger partial charge in [-0.05, 0) is 41.3 Å². The van der Waals surface area contributed by atoms with Gasteiger partial charge in [-0.1, -0.05) is 54.6 Å². The van der Waals surface area contributed by atoms with Gasteiger partial charge in [-0.2, -0.15) is 5.26 Å². The molecule has 1 aliphatic rings. The quantitative estimate of drug-likeness (QED) is 0.611. The Bertz CT molecular complexity index is 1200. The number of fused-ring (bicyclic) bond motifs is 1. The standard InChI is InChI=1S/C26H22N2O5/c27-15-19-10-11-23(32-17-24(29)30)22(14-19)25-21-9-5-4-8-20(21)12-13-28(25)26(31)33-16-18-6-2-1-3-7-18/h1-11,14,25H,12-13,16-17H2,(H,29,30)/t25-/m0/s1. The number of carboxylic acids is 1. The van der Waals surface area contributed by atoms with Crippen LogP contribution < -0.4 is 4.74 Å². The molecular weight excluding hydrogens is 420 g/mol. The molecule has 0 spiro atoms.